The summed E-state index contributed by atoms with van der Waals surface area (Å²) < 4.78 is 0.758. The smallest absolute Gasteiger partial charge is 0.172 e. The molecule has 0 radical (unpaired) electrons. The van der Waals surface area contributed by atoms with Gasteiger partial charge < -0.3 is 10.6 Å². The van der Waals surface area contributed by atoms with Gasteiger partial charge in [-0.05, 0) is 58.8 Å². The molecule has 7 heteroatoms. The first-order valence-corrected chi connectivity index (χ1v) is 8.03. The Morgan fingerprint density at radius 1 is 1.29 bits per heavy atom. The minimum Gasteiger partial charge on any atom is -0.358 e. The Morgan fingerprint density at radius 3 is 2.62 bits per heavy atom. The van der Waals surface area contributed by atoms with Gasteiger partial charge in [0, 0.05) is 11.6 Å². The van der Waals surface area contributed by atoms with Gasteiger partial charge in [-0.3, -0.25) is 0 Å². The molecule has 1 aromatic carbocycles. The molecule has 0 bridgehead atoms. The Morgan fingerprint density at radius 2 is 1.95 bits per heavy atom. The number of thiocarbonyl (C=S) groups is 1. The molecule has 0 amide bonds. The topological polar surface area (TPSA) is 37.0 Å². The van der Waals surface area contributed by atoms with Crippen molar-refractivity contribution in [2.24, 2.45) is 0 Å². The minimum atomic E-state index is 0.486. The quantitative estimate of drug-likeness (QED) is 0.710. The number of nitrogens with zero attached hydrogens (tertiary/aromatic N) is 1. The average molecular weight is 405 g/mol. The van der Waals surface area contributed by atoms with E-state index in [0.29, 0.717) is 27.5 Å². The van der Waals surface area contributed by atoms with Crippen molar-refractivity contribution in [1.29, 1.82) is 0 Å². The van der Waals surface area contributed by atoms with Gasteiger partial charge >= 0.3 is 0 Å². The van der Waals surface area contributed by atoms with Crippen LogP contribution in [-0.4, -0.2) is 10.1 Å². The lowest BCUT2D eigenvalue weighted by molar-refractivity contribution is 0.924. The summed E-state index contributed by atoms with van der Waals surface area (Å²) in [5, 5.41) is 7.95. The highest BCUT2D eigenvalue weighted by Crippen LogP contribution is 2.25. The second-order valence-corrected chi connectivity index (χ2v) is 6.43. The van der Waals surface area contributed by atoms with E-state index >= 15 is 0 Å². The fourth-order valence-electron chi connectivity index (χ4n) is 1.58. The molecular formula is C14H12BrCl2N3S. The summed E-state index contributed by atoms with van der Waals surface area (Å²) in [6.07, 6.45) is 0. The normalized spacial score (nSPS) is 10.3. The van der Waals surface area contributed by atoms with Crippen molar-refractivity contribution in [3.05, 3.63) is 56.1 Å². The summed E-state index contributed by atoms with van der Waals surface area (Å²) in [4.78, 5) is 4.34. The molecule has 0 unspecified atom stereocenters. The zero-order valence-corrected chi connectivity index (χ0v) is 15.0. The van der Waals surface area contributed by atoms with Crippen LogP contribution in [0.5, 0.6) is 0 Å². The number of rotatable bonds is 3. The highest BCUT2D eigenvalue weighted by molar-refractivity contribution is 9.10. The summed E-state index contributed by atoms with van der Waals surface area (Å²) in [5.41, 5.74) is 1.82. The number of benzene rings is 1. The Bertz CT molecular complexity index is 662. The van der Waals surface area contributed by atoms with Crippen LogP contribution in [0.15, 0.2) is 34.8 Å². The molecule has 21 heavy (non-hydrogen) atoms. The van der Waals surface area contributed by atoms with Crippen molar-refractivity contribution in [2.45, 2.75) is 13.5 Å². The molecule has 0 spiro atoms. The Balaban J connectivity index is 1.96. The number of aryl methyl sites for hydroxylation is 1. The number of anilines is 1. The van der Waals surface area contributed by atoms with E-state index in [9.17, 15) is 0 Å². The lowest BCUT2D eigenvalue weighted by atomic mass is 10.2. The Labute approximate surface area is 147 Å². The van der Waals surface area contributed by atoms with Crippen LogP contribution in [0.4, 0.5) is 5.82 Å². The summed E-state index contributed by atoms with van der Waals surface area (Å²) in [6, 6.07) is 9.36. The maximum absolute atomic E-state index is 6.00. The molecule has 3 nitrogen and oxygen atoms in total. The van der Waals surface area contributed by atoms with Crippen LogP contribution in [0.2, 0.25) is 10.0 Å². The third-order valence-electron chi connectivity index (χ3n) is 2.70. The third kappa shape index (κ3) is 4.81. The molecule has 0 aliphatic carbocycles. The van der Waals surface area contributed by atoms with Crippen molar-refractivity contribution in [2.75, 3.05) is 5.32 Å². The van der Waals surface area contributed by atoms with E-state index in [1.807, 2.05) is 31.2 Å². The molecule has 0 aliphatic rings. The molecule has 2 aromatic rings. The Hall–Kier alpha value is -0.880. The van der Waals surface area contributed by atoms with Gasteiger partial charge in [0.2, 0.25) is 0 Å². The summed E-state index contributed by atoms with van der Waals surface area (Å²) >= 11 is 20.5. The number of pyridine rings is 1. The number of halogens is 3. The fraction of sp³-hybridized carbons (Fsp3) is 0.143. The average Bonchev–Trinajstić information content (AvgIpc) is 2.44. The first kappa shape index (κ1) is 16.5. The lowest BCUT2D eigenvalue weighted by Gasteiger charge is -2.12. The molecule has 0 aliphatic heterocycles. The Kier molecular flexibility index (Phi) is 5.81. The first-order valence-electron chi connectivity index (χ1n) is 6.07. The van der Waals surface area contributed by atoms with Gasteiger partial charge in [-0.2, -0.15) is 0 Å². The van der Waals surface area contributed by atoms with Crippen molar-refractivity contribution >= 4 is 62.3 Å². The van der Waals surface area contributed by atoms with E-state index < -0.39 is 0 Å². The van der Waals surface area contributed by atoms with E-state index in [2.05, 4.69) is 31.5 Å². The van der Waals surface area contributed by atoms with Crippen molar-refractivity contribution in [3.63, 3.8) is 0 Å². The minimum absolute atomic E-state index is 0.486. The highest BCUT2D eigenvalue weighted by atomic mass is 79.9. The van der Waals surface area contributed by atoms with Gasteiger partial charge in [0.15, 0.2) is 5.11 Å². The zero-order chi connectivity index (χ0) is 15.4. The SMILES string of the molecule is Cc1nc(NC(=S)NCc2ccc(Cl)cc2)c(Br)cc1Cl. The van der Waals surface area contributed by atoms with Crippen molar-refractivity contribution < 1.29 is 0 Å². The van der Waals surface area contributed by atoms with Crippen molar-refractivity contribution in [1.82, 2.24) is 10.3 Å². The van der Waals surface area contributed by atoms with Crippen LogP contribution in [0, 0.1) is 6.92 Å². The van der Waals surface area contributed by atoms with E-state index in [-0.39, 0.29) is 0 Å². The predicted molar refractivity (Wildman–Crippen MR) is 96.2 cm³/mol. The molecule has 0 atom stereocenters. The first-order chi connectivity index (χ1) is 9.95. The molecule has 1 heterocycles. The standard InChI is InChI=1S/C14H12BrCl2N3S/c1-8-12(17)6-11(15)13(19-8)20-14(21)18-7-9-2-4-10(16)5-3-9/h2-6H,7H2,1H3,(H2,18,19,20,21). The van der Waals surface area contributed by atoms with E-state index in [4.69, 9.17) is 35.4 Å². The monoisotopic (exact) mass is 403 g/mol. The van der Waals surface area contributed by atoms with Gasteiger partial charge in [-0.25, -0.2) is 4.98 Å². The highest BCUT2D eigenvalue weighted by Gasteiger charge is 2.07. The lowest BCUT2D eigenvalue weighted by Crippen LogP contribution is -2.28. The second-order valence-electron chi connectivity index (χ2n) is 4.32. The predicted octanol–water partition coefficient (Wildman–Crippen LogP) is 4.95. The van der Waals surface area contributed by atoms with Gasteiger partial charge in [0.1, 0.15) is 5.82 Å². The molecule has 1 aromatic heterocycles. The summed E-state index contributed by atoms with van der Waals surface area (Å²) in [6.45, 7) is 2.44. The molecule has 0 saturated heterocycles. The largest absolute Gasteiger partial charge is 0.358 e. The summed E-state index contributed by atoms with van der Waals surface area (Å²) in [7, 11) is 0. The molecular weight excluding hydrogens is 393 g/mol. The van der Waals surface area contributed by atoms with E-state index in [1.165, 1.54) is 0 Å². The van der Waals surface area contributed by atoms with Crippen LogP contribution >= 0.6 is 51.3 Å². The molecule has 2 rings (SSSR count). The van der Waals surface area contributed by atoms with E-state index in [1.54, 1.807) is 6.07 Å². The number of hydrogen-bond donors (Lipinski definition) is 2. The van der Waals surface area contributed by atoms with Gasteiger partial charge in [-0.15, -0.1) is 0 Å². The second kappa shape index (κ2) is 7.40. The number of nitrogens with one attached hydrogen (secondary N) is 2. The van der Waals surface area contributed by atoms with Crippen LogP contribution in [0.3, 0.4) is 0 Å². The van der Waals surface area contributed by atoms with Crippen molar-refractivity contribution in [3.8, 4) is 0 Å². The van der Waals surface area contributed by atoms with Crippen LogP contribution in [-0.2, 0) is 6.54 Å². The maximum Gasteiger partial charge on any atom is 0.172 e. The number of hydrogen-bond acceptors (Lipinski definition) is 2. The van der Waals surface area contributed by atoms with Gasteiger partial charge in [0.25, 0.3) is 0 Å². The number of aromatic nitrogens is 1. The maximum atomic E-state index is 6.00. The van der Waals surface area contributed by atoms with Crippen LogP contribution in [0.1, 0.15) is 11.3 Å². The zero-order valence-electron chi connectivity index (χ0n) is 11.1. The fourth-order valence-corrected chi connectivity index (χ4v) is 2.58. The van der Waals surface area contributed by atoms with Crippen LogP contribution < -0.4 is 10.6 Å². The van der Waals surface area contributed by atoms with Crippen LogP contribution in [0.25, 0.3) is 0 Å². The molecule has 2 N–H and O–H groups in total. The molecule has 0 fully saturated rings. The third-order valence-corrected chi connectivity index (χ3v) is 4.19. The van der Waals surface area contributed by atoms with Gasteiger partial charge in [0.05, 0.1) is 15.2 Å². The van der Waals surface area contributed by atoms with E-state index in [0.717, 1.165) is 15.7 Å². The van der Waals surface area contributed by atoms with Gasteiger partial charge in [-0.1, -0.05) is 35.3 Å². The molecule has 0 saturated carbocycles. The molecule has 110 valence electrons. The summed E-state index contributed by atoms with van der Waals surface area (Å²) in [5.74, 6) is 0.630.